The molecule has 1 unspecified atom stereocenters. The van der Waals surface area contributed by atoms with Gasteiger partial charge in [-0.15, -0.1) is 0 Å². The summed E-state index contributed by atoms with van der Waals surface area (Å²) in [6, 6.07) is 0. The highest BCUT2D eigenvalue weighted by Crippen LogP contribution is 2.23. The first-order chi connectivity index (χ1) is 4.75. The Bertz CT molecular complexity index is 207. The first-order valence-corrected chi connectivity index (χ1v) is 3.45. The standard InChI is InChI=1S/C7H12N2O/c1-3-5(2)7-6(8)4-9-10-7/h4-5H,3,8H2,1-2H3. The second kappa shape index (κ2) is 2.73. The van der Waals surface area contributed by atoms with E-state index < -0.39 is 0 Å². The maximum absolute atomic E-state index is 5.56. The van der Waals surface area contributed by atoms with E-state index in [-0.39, 0.29) is 0 Å². The minimum absolute atomic E-state index is 0.377. The third-order valence-electron chi connectivity index (χ3n) is 1.69. The average molecular weight is 140 g/mol. The molecule has 3 heteroatoms. The van der Waals surface area contributed by atoms with Crippen LogP contribution in [0.2, 0.25) is 0 Å². The third kappa shape index (κ3) is 1.12. The lowest BCUT2D eigenvalue weighted by atomic mass is 10.1. The van der Waals surface area contributed by atoms with E-state index in [4.69, 9.17) is 10.3 Å². The molecule has 0 radical (unpaired) electrons. The Labute approximate surface area is 60.2 Å². The summed E-state index contributed by atoms with van der Waals surface area (Å²) in [6.45, 7) is 4.16. The summed E-state index contributed by atoms with van der Waals surface area (Å²) >= 11 is 0. The zero-order valence-corrected chi connectivity index (χ0v) is 6.29. The Balaban J connectivity index is 2.82. The van der Waals surface area contributed by atoms with Gasteiger partial charge in [-0.3, -0.25) is 0 Å². The number of anilines is 1. The zero-order valence-electron chi connectivity index (χ0n) is 6.29. The molecule has 0 fully saturated rings. The SMILES string of the molecule is CCC(C)c1oncc1N. The van der Waals surface area contributed by atoms with Crippen molar-refractivity contribution in [3.05, 3.63) is 12.0 Å². The van der Waals surface area contributed by atoms with Gasteiger partial charge < -0.3 is 10.3 Å². The Morgan fingerprint density at radius 3 is 2.90 bits per heavy atom. The van der Waals surface area contributed by atoms with E-state index in [1.165, 1.54) is 0 Å². The van der Waals surface area contributed by atoms with Crippen LogP contribution >= 0.6 is 0 Å². The molecule has 3 nitrogen and oxygen atoms in total. The summed E-state index contributed by atoms with van der Waals surface area (Å²) in [5.74, 6) is 1.19. The van der Waals surface area contributed by atoms with Crippen LogP contribution in [0.3, 0.4) is 0 Å². The van der Waals surface area contributed by atoms with Crippen molar-refractivity contribution < 1.29 is 4.52 Å². The number of rotatable bonds is 2. The molecule has 0 amide bonds. The van der Waals surface area contributed by atoms with Gasteiger partial charge in [-0.2, -0.15) is 0 Å². The summed E-state index contributed by atoms with van der Waals surface area (Å²) in [5.41, 5.74) is 6.22. The summed E-state index contributed by atoms with van der Waals surface area (Å²) in [5, 5.41) is 3.59. The molecule has 2 N–H and O–H groups in total. The van der Waals surface area contributed by atoms with Gasteiger partial charge in [0.05, 0.1) is 11.9 Å². The van der Waals surface area contributed by atoms with Gasteiger partial charge in [-0.05, 0) is 6.42 Å². The second-order valence-corrected chi connectivity index (χ2v) is 2.45. The normalized spacial score (nSPS) is 13.4. The summed E-state index contributed by atoms with van der Waals surface area (Å²) in [6.07, 6.45) is 2.57. The van der Waals surface area contributed by atoms with Crippen LogP contribution in [0.15, 0.2) is 10.7 Å². The number of nitrogen functional groups attached to an aromatic ring is 1. The van der Waals surface area contributed by atoms with Crippen molar-refractivity contribution in [3.63, 3.8) is 0 Å². The van der Waals surface area contributed by atoms with Crippen LogP contribution in [0.5, 0.6) is 0 Å². The van der Waals surface area contributed by atoms with Gasteiger partial charge in [0, 0.05) is 5.92 Å². The lowest BCUT2D eigenvalue weighted by Gasteiger charge is -2.02. The molecule has 0 saturated heterocycles. The second-order valence-electron chi connectivity index (χ2n) is 2.45. The van der Waals surface area contributed by atoms with Crippen molar-refractivity contribution >= 4 is 5.69 Å². The largest absolute Gasteiger partial charge is 0.395 e. The summed E-state index contributed by atoms with van der Waals surface area (Å²) < 4.78 is 4.94. The van der Waals surface area contributed by atoms with Gasteiger partial charge in [-0.1, -0.05) is 19.0 Å². The first-order valence-electron chi connectivity index (χ1n) is 3.45. The summed E-state index contributed by atoms with van der Waals surface area (Å²) in [4.78, 5) is 0. The molecule has 56 valence electrons. The molecule has 0 aliphatic rings. The molecule has 1 rings (SSSR count). The van der Waals surface area contributed by atoms with Crippen LogP contribution in [0, 0.1) is 0 Å². The van der Waals surface area contributed by atoms with E-state index in [0.717, 1.165) is 12.2 Å². The first kappa shape index (κ1) is 7.12. The Morgan fingerprint density at radius 2 is 2.50 bits per heavy atom. The predicted octanol–water partition coefficient (Wildman–Crippen LogP) is 1.77. The van der Waals surface area contributed by atoms with Gasteiger partial charge in [0.15, 0.2) is 5.76 Å². The van der Waals surface area contributed by atoms with Crippen molar-refractivity contribution in [1.82, 2.24) is 5.16 Å². The predicted molar refractivity (Wildman–Crippen MR) is 39.6 cm³/mol. The molecular formula is C7H12N2O. The topological polar surface area (TPSA) is 52.0 Å². The Hall–Kier alpha value is -0.990. The van der Waals surface area contributed by atoms with Crippen molar-refractivity contribution in [1.29, 1.82) is 0 Å². The lowest BCUT2D eigenvalue weighted by Crippen LogP contribution is -1.93. The van der Waals surface area contributed by atoms with Crippen LogP contribution in [0.4, 0.5) is 5.69 Å². The number of nitrogens with two attached hydrogens (primary N) is 1. The van der Waals surface area contributed by atoms with Crippen LogP contribution in [-0.4, -0.2) is 5.16 Å². The van der Waals surface area contributed by atoms with Crippen molar-refractivity contribution in [2.24, 2.45) is 0 Å². The van der Waals surface area contributed by atoms with Crippen molar-refractivity contribution in [2.45, 2.75) is 26.2 Å². The van der Waals surface area contributed by atoms with Crippen LogP contribution in [0.1, 0.15) is 31.9 Å². The molecule has 0 spiro atoms. The van der Waals surface area contributed by atoms with E-state index in [9.17, 15) is 0 Å². The molecule has 0 aromatic carbocycles. The monoisotopic (exact) mass is 140 g/mol. The van der Waals surface area contributed by atoms with Crippen LogP contribution < -0.4 is 5.73 Å². The van der Waals surface area contributed by atoms with E-state index in [1.54, 1.807) is 6.20 Å². The van der Waals surface area contributed by atoms with Gasteiger partial charge in [-0.25, -0.2) is 0 Å². The molecular weight excluding hydrogens is 128 g/mol. The molecule has 1 aromatic heterocycles. The van der Waals surface area contributed by atoms with Gasteiger partial charge in [0.2, 0.25) is 0 Å². The third-order valence-corrected chi connectivity index (χ3v) is 1.69. The molecule has 0 bridgehead atoms. The quantitative estimate of drug-likeness (QED) is 0.681. The minimum atomic E-state index is 0.377. The average Bonchev–Trinajstić information content (AvgIpc) is 2.34. The molecule has 0 saturated carbocycles. The van der Waals surface area contributed by atoms with E-state index >= 15 is 0 Å². The maximum atomic E-state index is 5.56. The fourth-order valence-electron chi connectivity index (χ4n) is 0.816. The zero-order chi connectivity index (χ0) is 7.56. The van der Waals surface area contributed by atoms with Gasteiger partial charge in [0.25, 0.3) is 0 Å². The molecule has 0 aliphatic heterocycles. The van der Waals surface area contributed by atoms with Crippen molar-refractivity contribution in [3.8, 4) is 0 Å². The highest BCUT2D eigenvalue weighted by Gasteiger charge is 2.10. The molecule has 1 atom stereocenters. The lowest BCUT2D eigenvalue weighted by molar-refractivity contribution is 0.364. The number of aromatic nitrogens is 1. The highest BCUT2D eigenvalue weighted by molar-refractivity contribution is 5.39. The van der Waals surface area contributed by atoms with E-state index in [0.29, 0.717) is 11.6 Å². The van der Waals surface area contributed by atoms with Crippen molar-refractivity contribution in [2.75, 3.05) is 5.73 Å². The molecule has 1 heterocycles. The molecule has 0 aliphatic carbocycles. The molecule has 10 heavy (non-hydrogen) atoms. The highest BCUT2D eigenvalue weighted by atomic mass is 16.5. The minimum Gasteiger partial charge on any atom is -0.395 e. The van der Waals surface area contributed by atoms with Gasteiger partial charge in [0.1, 0.15) is 0 Å². The Kier molecular flexibility index (Phi) is 1.94. The fraction of sp³-hybridized carbons (Fsp3) is 0.571. The van der Waals surface area contributed by atoms with E-state index in [2.05, 4.69) is 19.0 Å². The van der Waals surface area contributed by atoms with Crippen LogP contribution in [-0.2, 0) is 0 Å². The van der Waals surface area contributed by atoms with Gasteiger partial charge >= 0.3 is 0 Å². The number of nitrogens with zero attached hydrogens (tertiary/aromatic N) is 1. The number of hydrogen-bond donors (Lipinski definition) is 1. The van der Waals surface area contributed by atoms with E-state index in [1.807, 2.05) is 0 Å². The smallest absolute Gasteiger partial charge is 0.162 e. The molecule has 1 aromatic rings. The summed E-state index contributed by atoms with van der Waals surface area (Å²) in [7, 11) is 0. The van der Waals surface area contributed by atoms with Crippen LogP contribution in [0.25, 0.3) is 0 Å². The fourth-order valence-corrected chi connectivity index (χ4v) is 0.816. The maximum Gasteiger partial charge on any atom is 0.162 e. The number of hydrogen-bond acceptors (Lipinski definition) is 3. The Morgan fingerprint density at radius 1 is 1.80 bits per heavy atom.